The fourth-order valence-corrected chi connectivity index (χ4v) is 7.17. The normalized spacial score (nSPS) is 29.2. The number of rotatable bonds is 8. The van der Waals surface area contributed by atoms with Gasteiger partial charge in [0.05, 0.1) is 18.4 Å². The zero-order valence-corrected chi connectivity index (χ0v) is 22.2. The third kappa shape index (κ3) is 5.14. The number of para-hydroxylation sites is 1. The molecule has 1 saturated carbocycles. The highest BCUT2D eigenvalue weighted by molar-refractivity contribution is 7.15. The molecule has 196 valence electrons. The van der Waals surface area contributed by atoms with E-state index in [-0.39, 0.29) is 54.7 Å². The van der Waals surface area contributed by atoms with Gasteiger partial charge in [0, 0.05) is 28.7 Å². The Morgan fingerprint density at radius 1 is 1.22 bits per heavy atom. The monoisotopic (exact) mass is 515 g/mol. The van der Waals surface area contributed by atoms with Crippen LogP contribution in [0.3, 0.4) is 0 Å². The van der Waals surface area contributed by atoms with Gasteiger partial charge in [-0.25, -0.2) is 4.98 Å². The predicted octanol–water partition coefficient (Wildman–Crippen LogP) is 3.49. The van der Waals surface area contributed by atoms with Crippen LogP contribution >= 0.6 is 11.3 Å². The molecule has 0 spiro atoms. The number of amides is 2. The summed E-state index contributed by atoms with van der Waals surface area (Å²) in [6.45, 7) is 7.71. The lowest BCUT2D eigenvalue weighted by Gasteiger charge is -2.58. The lowest BCUT2D eigenvalue weighted by atomic mass is 9.47. The van der Waals surface area contributed by atoms with Crippen LogP contribution in [0.4, 0.5) is 5.13 Å². The smallest absolute Gasteiger partial charge is 0.264 e. The van der Waals surface area contributed by atoms with Crippen LogP contribution in [0.1, 0.15) is 63.4 Å². The molecule has 2 aromatic rings. The van der Waals surface area contributed by atoms with Gasteiger partial charge in [-0.05, 0) is 56.6 Å². The second-order valence-corrected chi connectivity index (χ2v) is 12.0. The van der Waals surface area contributed by atoms with E-state index < -0.39 is 11.5 Å². The molecule has 5 unspecified atom stereocenters. The maximum atomic E-state index is 12.9. The Kier molecular flexibility index (Phi) is 7.73. The Labute approximate surface area is 216 Å². The van der Waals surface area contributed by atoms with Crippen LogP contribution < -0.4 is 15.4 Å². The molecule has 1 aromatic carbocycles. The third-order valence-corrected chi connectivity index (χ3v) is 9.10. The molecule has 2 aliphatic rings. The minimum atomic E-state index is -0.686. The van der Waals surface area contributed by atoms with E-state index in [1.165, 1.54) is 11.3 Å². The Morgan fingerprint density at radius 2 is 1.94 bits per heavy atom. The number of nitrogens with zero attached hydrogens (tertiary/aromatic N) is 1. The summed E-state index contributed by atoms with van der Waals surface area (Å²) in [5, 5.41) is 27.6. The molecule has 2 amide bonds. The van der Waals surface area contributed by atoms with E-state index >= 15 is 0 Å². The van der Waals surface area contributed by atoms with Crippen molar-refractivity contribution < 1.29 is 24.5 Å². The first kappa shape index (κ1) is 26.6. The van der Waals surface area contributed by atoms with Gasteiger partial charge in [0.1, 0.15) is 5.75 Å². The third-order valence-electron chi connectivity index (χ3n) is 8.09. The lowest BCUT2D eigenvalue weighted by molar-refractivity contribution is -0.144. The van der Waals surface area contributed by atoms with Crippen LogP contribution in [-0.2, 0) is 16.0 Å². The number of thiazole rings is 1. The first-order chi connectivity index (χ1) is 17.1. The van der Waals surface area contributed by atoms with Crippen molar-refractivity contribution in [2.45, 2.75) is 71.4 Å². The second kappa shape index (κ2) is 10.5. The highest BCUT2D eigenvalue weighted by Crippen LogP contribution is 2.62. The number of aliphatic hydroxyl groups excluding tert-OH is 2. The first-order valence-electron chi connectivity index (χ1n) is 12.6. The van der Waals surface area contributed by atoms with E-state index in [1.807, 2.05) is 39.0 Å². The topological polar surface area (TPSA) is 121 Å². The fourth-order valence-electron chi connectivity index (χ4n) is 6.09. The van der Waals surface area contributed by atoms with Crippen LogP contribution in [-0.4, -0.2) is 52.4 Å². The summed E-state index contributed by atoms with van der Waals surface area (Å²) in [5.41, 5.74) is -0.174. The Morgan fingerprint density at radius 3 is 2.61 bits per heavy atom. The van der Waals surface area contributed by atoms with E-state index in [9.17, 15) is 19.8 Å². The lowest BCUT2D eigenvalue weighted by Crippen LogP contribution is -2.57. The molecule has 9 heteroatoms. The van der Waals surface area contributed by atoms with Crippen molar-refractivity contribution in [3.05, 3.63) is 40.9 Å². The first-order valence-corrected chi connectivity index (χ1v) is 13.4. The minimum Gasteiger partial charge on any atom is -0.484 e. The summed E-state index contributed by atoms with van der Waals surface area (Å²) in [4.78, 5) is 31.3. The van der Waals surface area contributed by atoms with Crippen LogP contribution in [0, 0.1) is 16.7 Å². The summed E-state index contributed by atoms with van der Waals surface area (Å²) in [6, 6.07) is 9.16. The molecule has 8 nitrogen and oxygen atoms in total. The number of anilines is 1. The zero-order chi connectivity index (χ0) is 26.1. The van der Waals surface area contributed by atoms with Gasteiger partial charge in [0.2, 0.25) is 5.91 Å². The number of fused-ring (bicyclic) bond motifs is 2. The van der Waals surface area contributed by atoms with Crippen LogP contribution in [0.25, 0.3) is 0 Å². The van der Waals surface area contributed by atoms with Gasteiger partial charge >= 0.3 is 0 Å². The zero-order valence-electron chi connectivity index (χ0n) is 21.4. The van der Waals surface area contributed by atoms with Crippen molar-refractivity contribution in [3.8, 4) is 5.75 Å². The summed E-state index contributed by atoms with van der Waals surface area (Å²) < 4.78 is 5.56. The molecule has 0 radical (unpaired) electrons. The van der Waals surface area contributed by atoms with E-state index in [0.29, 0.717) is 23.7 Å². The molecule has 0 bridgehead atoms. The highest BCUT2D eigenvalue weighted by atomic mass is 32.1. The average molecular weight is 516 g/mol. The predicted molar refractivity (Wildman–Crippen MR) is 139 cm³/mol. The summed E-state index contributed by atoms with van der Waals surface area (Å²) in [7, 11) is 0. The number of carbonyl (C=O) groups is 2. The van der Waals surface area contributed by atoms with Crippen molar-refractivity contribution >= 4 is 28.3 Å². The number of carbonyl (C=O) groups excluding carboxylic acids is 2. The van der Waals surface area contributed by atoms with E-state index in [4.69, 9.17) is 9.72 Å². The van der Waals surface area contributed by atoms with Gasteiger partial charge in [0.25, 0.3) is 5.91 Å². The van der Waals surface area contributed by atoms with E-state index in [2.05, 4.69) is 17.6 Å². The van der Waals surface area contributed by atoms with Crippen LogP contribution in [0.15, 0.2) is 30.3 Å². The summed E-state index contributed by atoms with van der Waals surface area (Å²) in [6.07, 6.45) is 1.58. The number of hydrogen-bond donors (Lipinski definition) is 4. The van der Waals surface area contributed by atoms with Gasteiger partial charge in [-0.2, -0.15) is 0 Å². The van der Waals surface area contributed by atoms with Crippen LogP contribution in [0.2, 0.25) is 0 Å². The van der Waals surface area contributed by atoms with Crippen molar-refractivity contribution in [3.63, 3.8) is 0 Å². The van der Waals surface area contributed by atoms with Crippen molar-refractivity contribution in [2.24, 2.45) is 16.7 Å². The van der Waals surface area contributed by atoms with Crippen molar-refractivity contribution in [1.82, 2.24) is 10.3 Å². The molecule has 1 fully saturated rings. The Bertz CT molecular complexity index is 1090. The summed E-state index contributed by atoms with van der Waals surface area (Å²) in [5.74, 6) is 0.0355. The molecule has 1 heterocycles. The van der Waals surface area contributed by atoms with Gasteiger partial charge in [-0.15, -0.1) is 11.3 Å². The maximum absolute atomic E-state index is 12.9. The number of aromatic nitrogens is 1. The molecule has 5 atom stereocenters. The van der Waals surface area contributed by atoms with Gasteiger partial charge in [-0.1, -0.05) is 32.0 Å². The van der Waals surface area contributed by atoms with Crippen molar-refractivity contribution in [2.75, 3.05) is 18.5 Å². The Balaban J connectivity index is 1.61. The Hall–Kier alpha value is -2.49. The largest absolute Gasteiger partial charge is 0.484 e. The highest BCUT2D eigenvalue weighted by Gasteiger charge is 2.59. The minimum absolute atomic E-state index is 0.0231. The number of nitrogens with one attached hydrogen (secondary N) is 2. The quantitative estimate of drug-likeness (QED) is 0.427. The fraction of sp³-hybridized carbons (Fsp3) is 0.593. The number of benzene rings is 1. The summed E-state index contributed by atoms with van der Waals surface area (Å²) >= 11 is 1.40. The molecular weight excluding hydrogens is 478 g/mol. The van der Waals surface area contributed by atoms with Crippen molar-refractivity contribution in [1.29, 1.82) is 0 Å². The standard InChI is InChI=1S/C27H37N3O5S/c1-16(2)28-22(33)12-18-24-19(13-20-26(18,3)11-10-21(32)27(20,4)15-31)36-25(30-24)29-23(34)14-35-17-8-6-5-7-9-17/h5-9,16,18,20-21,31-32H,10-15H2,1-4H3,(H,28,33)(H,29,30,34). The van der Waals surface area contributed by atoms with E-state index in [1.54, 1.807) is 12.1 Å². The number of hydrogen-bond acceptors (Lipinski definition) is 7. The molecule has 1 aromatic heterocycles. The van der Waals surface area contributed by atoms with Gasteiger partial charge in [0.15, 0.2) is 11.7 Å². The maximum Gasteiger partial charge on any atom is 0.264 e. The molecule has 4 N–H and O–H groups in total. The molecule has 4 rings (SSSR count). The number of ether oxygens (including phenoxy) is 1. The molecular formula is C27H37N3O5S. The average Bonchev–Trinajstić information content (AvgIpc) is 3.24. The molecule has 0 saturated heterocycles. The SMILES string of the molecule is CC(C)NC(=O)CC1c2nc(NC(=O)COc3ccccc3)sc2CC2C(C)(CO)C(O)CCC12C. The van der Waals surface area contributed by atoms with Gasteiger partial charge in [-0.3, -0.25) is 14.9 Å². The molecule has 36 heavy (non-hydrogen) atoms. The second-order valence-electron chi connectivity index (χ2n) is 10.9. The molecule has 0 aliphatic heterocycles. The van der Waals surface area contributed by atoms with Crippen LogP contribution in [0.5, 0.6) is 5.75 Å². The van der Waals surface area contributed by atoms with Gasteiger partial charge < -0.3 is 20.3 Å². The molecule has 2 aliphatic carbocycles. The van der Waals surface area contributed by atoms with E-state index in [0.717, 1.165) is 17.0 Å². The number of aliphatic hydroxyl groups is 2.